The smallest absolute Gasteiger partial charge is 0.308 e. The van der Waals surface area contributed by atoms with E-state index >= 15 is 0 Å². The number of carbonyl (C=O) groups is 2. The van der Waals surface area contributed by atoms with Gasteiger partial charge < -0.3 is 25.2 Å². The lowest BCUT2D eigenvalue weighted by Gasteiger charge is -2.27. The number of esters is 1. The number of rotatable bonds is 10. The number of nitrogens with one attached hydrogen (secondary N) is 2. The van der Waals surface area contributed by atoms with E-state index in [4.69, 9.17) is 21.1 Å². The second kappa shape index (κ2) is 12.8. The molecule has 0 aromatic heterocycles. The molecule has 1 aliphatic carbocycles. The van der Waals surface area contributed by atoms with Gasteiger partial charge in [-0.1, -0.05) is 17.7 Å². The third-order valence-corrected chi connectivity index (χ3v) is 7.01. The molecule has 190 valence electrons. The van der Waals surface area contributed by atoms with E-state index in [0.717, 1.165) is 42.6 Å². The van der Waals surface area contributed by atoms with Gasteiger partial charge in [-0.2, -0.15) is 0 Å². The quantitative estimate of drug-likeness (QED) is 0.405. The number of carbonyl (C=O) groups excluding carboxylic acids is 2. The Morgan fingerprint density at radius 3 is 2.49 bits per heavy atom. The number of amides is 1. The highest BCUT2D eigenvalue weighted by atomic mass is 35.5. The zero-order valence-corrected chi connectivity index (χ0v) is 21.4. The number of halogens is 1. The van der Waals surface area contributed by atoms with Crippen molar-refractivity contribution < 1.29 is 24.2 Å². The van der Waals surface area contributed by atoms with Crippen LogP contribution in [0.1, 0.15) is 60.1 Å². The van der Waals surface area contributed by atoms with Crippen LogP contribution in [-0.4, -0.2) is 44.4 Å². The van der Waals surface area contributed by atoms with Gasteiger partial charge in [0.15, 0.2) is 0 Å². The summed E-state index contributed by atoms with van der Waals surface area (Å²) in [5.74, 6) is 0.778. The maximum absolute atomic E-state index is 12.7. The molecule has 3 rings (SSSR count). The minimum Gasteiger partial charge on any atom is -0.496 e. The van der Waals surface area contributed by atoms with E-state index in [9.17, 15) is 14.7 Å². The van der Waals surface area contributed by atoms with Crippen molar-refractivity contribution in [3.05, 3.63) is 58.1 Å². The van der Waals surface area contributed by atoms with Gasteiger partial charge in [0.25, 0.3) is 5.91 Å². The van der Waals surface area contributed by atoms with E-state index in [1.54, 1.807) is 25.3 Å². The van der Waals surface area contributed by atoms with Crippen LogP contribution in [0.25, 0.3) is 0 Å². The molecule has 0 spiro atoms. The van der Waals surface area contributed by atoms with Gasteiger partial charge in [0.2, 0.25) is 0 Å². The molecule has 2 aromatic rings. The number of aliphatic hydroxyl groups excluding tert-OH is 1. The van der Waals surface area contributed by atoms with Crippen molar-refractivity contribution in [3.8, 4) is 5.75 Å². The number of hydrogen-bond donors (Lipinski definition) is 3. The molecule has 1 atom stereocenters. The Kier molecular flexibility index (Phi) is 9.81. The summed E-state index contributed by atoms with van der Waals surface area (Å²) in [5.41, 5.74) is 3.19. The first kappa shape index (κ1) is 26.8. The Labute approximate surface area is 212 Å². The van der Waals surface area contributed by atoms with Crippen molar-refractivity contribution in [2.75, 3.05) is 32.7 Å². The molecule has 2 aromatic carbocycles. The largest absolute Gasteiger partial charge is 0.496 e. The average Bonchev–Trinajstić information content (AvgIpc) is 2.88. The highest BCUT2D eigenvalue weighted by Crippen LogP contribution is 2.32. The van der Waals surface area contributed by atoms with Gasteiger partial charge in [0.1, 0.15) is 5.75 Å². The first-order valence-electron chi connectivity index (χ1n) is 12.1. The van der Waals surface area contributed by atoms with Gasteiger partial charge in [0.05, 0.1) is 36.9 Å². The predicted octanol–water partition coefficient (Wildman–Crippen LogP) is 4.77. The lowest BCUT2D eigenvalue weighted by atomic mass is 9.82. The summed E-state index contributed by atoms with van der Waals surface area (Å²) in [7, 11) is 3.05. The summed E-state index contributed by atoms with van der Waals surface area (Å²) in [6, 6.07) is 11.0. The summed E-state index contributed by atoms with van der Waals surface area (Å²) in [6.07, 6.45) is 3.95. The lowest BCUT2D eigenvalue weighted by Crippen LogP contribution is -2.32. The van der Waals surface area contributed by atoms with E-state index in [1.807, 2.05) is 25.1 Å². The third-order valence-electron chi connectivity index (χ3n) is 6.70. The van der Waals surface area contributed by atoms with Crippen LogP contribution in [0.4, 0.5) is 5.69 Å². The maximum Gasteiger partial charge on any atom is 0.308 e. The molecule has 35 heavy (non-hydrogen) atoms. The minimum absolute atomic E-state index is 0.0229. The summed E-state index contributed by atoms with van der Waals surface area (Å²) in [5, 5.41) is 16.1. The van der Waals surface area contributed by atoms with E-state index < -0.39 is 0 Å². The van der Waals surface area contributed by atoms with Crippen molar-refractivity contribution in [3.63, 3.8) is 0 Å². The summed E-state index contributed by atoms with van der Waals surface area (Å²) in [4.78, 5) is 24.4. The van der Waals surface area contributed by atoms with E-state index in [2.05, 4.69) is 10.6 Å². The van der Waals surface area contributed by atoms with Crippen molar-refractivity contribution in [2.45, 2.75) is 45.1 Å². The van der Waals surface area contributed by atoms with Crippen molar-refractivity contribution in [1.82, 2.24) is 5.32 Å². The number of methoxy groups -OCH3 is 2. The fourth-order valence-corrected chi connectivity index (χ4v) is 4.83. The molecular weight excluding hydrogens is 468 g/mol. The van der Waals surface area contributed by atoms with Gasteiger partial charge in [-0.25, -0.2) is 0 Å². The molecule has 1 amide bonds. The Balaban J connectivity index is 1.58. The molecule has 0 saturated heterocycles. The molecule has 0 aliphatic heterocycles. The molecule has 1 fully saturated rings. The Bertz CT molecular complexity index is 1020. The molecule has 0 heterocycles. The molecular formula is C27H35ClN2O5. The van der Waals surface area contributed by atoms with Crippen LogP contribution in [0.15, 0.2) is 36.4 Å². The van der Waals surface area contributed by atoms with E-state index in [-0.39, 0.29) is 30.4 Å². The highest BCUT2D eigenvalue weighted by molar-refractivity contribution is 6.33. The van der Waals surface area contributed by atoms with Crippen LogP contribution < -0.4 is 15.4 Å². The fourth-order valence-electron chi connectivity index (χ4n) is 4.60. The molecule has 3 N–H and O–H groups in total. The Morgan fingerprint density at radius 1 is 1.11 bits per heavy atom. The SMILES string of the molecule is COC(=O)C1CCC(CNC(=O)c2ccc(N[C@@H](C)c3cc(CCO)ccc3OC)c(Cl)c2)CC1. The van der Waals surface area contributed by atoms with E-state index in [0.29, 0.717) is 35.2 Å². The zero-order valence-electron chi connectivity index (χ0n) is 20.6. The molecule has 7 nitrogen and oxygen atoms in total. The molecule has 8 heteroatoms. The van der Waals surface area contributed by atoms with Crippen LogP contribution in [-0.2, 0) is 16.0 Å². The van der Waals surface area contributed by atoms with Gasteiger partial charge >= 0.3 is 5.97 Å². The number of anilines is 1. The first-order chi connectivity index (χ1) is 16.9. The third kappa shape index (κ3) is 7.12. The van der Waals surface area contributed by atoms with Crippen LogP contribution in [0, 0.1) is 11.8 Å². The monoisotopic (exact) mass is 502 g/mol. The van der Waals surface area contributed by atoms with Gasteiger partial charge in [-0.05, 0) is 80.8 Å². The fraction of sp³-hybridized carbons (Fsp3) is 0.481. The second-order valence-electron chi connectivity index (χ2n) is 9.06. The normalized spacial score (nSPS) is 18.4. The molecule has 1 saturated carbocycles. The van der Waals surface area contributed by atoms with Crippen molar-refractivity contribution in [2.24, 2.45) is 11.8 Å². The topological polar surface area (TPSA) is 96.9 Å². The van der Waals surface area contributed by atoms with Gasteiger partial charge in [-0.15, -0.1) is 0 Å². The molecule has 1 aliphatic rings. The molecule has 0 radical (unpaired) electrons. The maximum atomic E-state index is 12.7. The van der Waals surface area contributed by atoms with Gasteiger partial charge in [-0.3, -0.25) is 9.59 Å². The standard InChI is InChI=1S/C27H35ClN2O5/c1-17(22-14-18(12-13-31)6-11-25(22)34-2)30-24-10-9-21(15-23(24)28)26(32)29-16-19-4-7-20(8-5-19)27(33)35-3/h6,9-11,14-15,17,19-20,30-31H,4-5,7-8,12-13,16H2,1-3H3,(H,29,32)/t17-,19?,20?/m0/s1. The van der Waals surface area contributed by atoms with Crippen LogP contribution in [0.5, 0.6) is 5.75 Å². The zero-order chi connectivity index (χ0) is 25.4. The number of ether oxygens (including phenoxy) is 2. The summed E-state index contributed by atoms with van der Waals surface area (Å²) in [6.45, 7) is 2.66. The molecule has 0 unspecified atom stereocenters. The number of aliphatic hydroxyl groups is 1. The van der Waals surface area contributed by atoms with Crippen molar-refractivity contribution in [1.29, 1.82) is 0 Å². The Hall–Kier alpha value is -2.77. The number of benzene rings is 2. The van der Waals surface area contributed by atoms with Gasteiger partial charge in [0, 0.05) is 24.3 Å². The minimum atomic E-state index is -0.167. The second-order valence-corrected chi connectivity index (χ2v) is 9.47. The Morgan fingerprint density at radius 2 is 1.86 bits per heavy atom. The van der Waals surface area contributed by atoms with Crippen LogP contribution in [0.3, 0.4) is 0 Å². The summed E-state index contributed by atoms with van der Waals surface area (Å²) >= 11 is 6.52. The predicted molar refractivity (Wildman–Crippen MR) is 137 cm³/mol. The summed E-state index contributed by atoms with van der Waals surface area (Å²) < 4.78 is 10.3. The van der Waals surface area contributed by atoms with Crippen LogP contribution >= 0.6 is 11.6 Å². The highest BCUT2D eigenvalue weighted by Gasteiger charge is 2.27. The number of hydrogen-bond acceptors (Lipinski definition) is 6. The van der Waals surface area contributed by atoms with Crippen LogP contribution in [0.2, 0.25) is 5.02 Å². The van der Waals surface area contributed by atoms with E-state index in [1.165, 1.54) is 7.11 Å². The average molecular weight is 503 g/mol. The lowest BCUT2D eigenvalue weighted by molar-refractivity contribution is -0.146. The van der Waals surface area contributed by atoms with Crippen molar-refractivity contribution >= 4 is 29.2 Å². The first-order valence-corrected chi connectivity index (χ1v) is 12.4. The molecule has 0 bridgehead atoms.